The molecule has 1 atom stereocenters. The molecule has 0 radical (unpaired) electrons. The van der Waals surface area contributed by atoms with Crippen molar-refractivity contribution in [1.82, 2.24) is 10.0 Å². The highest BCUT2D eigenvalue weighted by Gasteiger charge is 2.22. The summed E-state index contributed by atoms with van der Waals surface area (Å²) in [6.45, 7) is 6.37. The van der Waals surface area contributed by atoms with Crippen LogP contribution in [-0.4, -0.2) is 23.4 Å². The van der Waals surface area contributed by atoms with E-state index in [1.165, 1.54) is 0 Å². The minimum atomic E-state index is -0.698. The van der Waals surface area contributed by atoms with E-state index < -0.39 is 6.04 Å². The molecule has 0 bridgehead atoms. The monoisotopic (exact) mass is 525 g/mol. The zero-order chi connectivity index (χ0) is 27.0. The predicted molar refractivity (Wildman–Crippen MR) is 158 cm³/mol. The number of anilines is 1. The lowest BCUT2D eigenvalue weighted by Crippen LogP contribution is -2.45. The number of hydrogen-bond donors (Lipinski definition) is 3. The molecule has 0 fully saturated rings. The van der Waals surface area contributed by atoms with Gasteiger partial charge in [-0.25, -0.2) is 0 Å². The third-order valence-corrected chi connectivity index (χ3v) is 7.32. The summed E-state index contributed by atoms with van der Waals surface area (Å²) in [5.41, 5.74) is 2.77. The Morgan fingerprint density at radius 2 is 1.39 bits per heavy atom. The smallest absolute Gasteiger partial charge is 0.247 e. The maximum Gasteiger partial charge on any atom is 0.247 e. The fraction of sp³-hybridized carbons (Fsp3) is 0.250. The van der Waals surface area contributed by atoms with Crippen LogP contribution in [0.25, 0.3) is 10.8 Å². The fourth-order valence-corrected chi connectivity index (χ4v) is 4.99. The van der Waals surface area contributed by atoms with Crippen molar-refractivity contribution in [2.75, 3.05) is 5.32 Å². The second kappa shape index (κ2) is 12.8. The Kier molecular flexibility index (Phi) is 9.21. The molecule has 0 saturated carbocycles. The molecule has 2 amide bonds. The Hall–Kier alpha value is -3.61. The Morgan fingerprint density at radius 1 is 0.763 bits per heavy atom. The maximum absolute atomic E-state index is 13.6. The summed E-state index contributed by atoms with van der Waals surface area (Å²) in [6.07, 6.45) is 1.35. The van der Waals surface area contributed by atoms with Gasteiger partial charge >= 0.3 is 0 Å². The van der Waals surface area contributed by atoms with Gasteiger partial charge in [-0.05, 0) is 67.8 Å². The number of rotatable bonds is 10. The van der Waals surface area contributed by atoms with Gasteiger partial charge < -0.3 is 10.6 Å². The topological polar surface area (TPSA) is 70.2 Å². The summed E-state index contributed by atoms with van der Waals surface area (Å²) < 4.78 is 3.46. The van der Waals surface area contributed by atoms with E-state index in [2.05, 4.69) is 48.3 Å². The molecule has 0 aromatic heterocycles. The Labute approximate surface area is 229 Å². The highest BCUT2D eigenvalue weighted by atomic mass is 32.2. The molecule has 196 valence electrons. The number of benzene rings is 4. The lowest BCUT2D eigenvalue weighted by molar-refractivity contribution is -0.126. The third kappa shape index (κ3) is 7.94. The number of fused-ring (bicyclic) bond motifs is 1. The van der Waals surface area contributed by atoms with Crippen LogP contribution in [0.1, 0.15) is 38.3 Å². The molecular weight excluding hydrogens is 490 g/mol. The van der Waals surface area contributed by atoms with Crippen LogP contribution in [0, 0.1) is 0 Å². The van der Waals surface area contributed by atoms with Gasteiger partial charge in [0.25, 0.3) is 0 Å². The first-order chi connectivity index (χ1) is 18.3. The molecule has 0 aliphatic rings. The predicted octanol–water partition coefficient (Wildman–Crippen LogP) is 6.53. The van der Waals surface area contributed by atoms with E-state index in [9.17, 15) is 9.59 Å². The molecule has 5 nitrogen and oxygen atoms in total. The van der Waals surface area contributed by atoms with E-state index in [-0.39, 0.29) is 17.4 Å². The highest BCUT2D eigenvalue weighted by molar-refractivity contribution is 7.97. The molecule has 4 aromatic rings. The van der Waals surface area contributed by atoms with Gasteiger partial charge in [0.15, 0.2) is 0 Å². The summed E-state index contributed by atoms with van der Waals surface area (Å²) in [5.74, 6) is -0.380. The van der Waals surface area contributed by atoms with Crippen molar-refractivity contribution < 1.29 is 9.59 Å². The second-order valence-electron chi connectivity index (χ2n) is 10.4. The summed E-state index contributed by atoms with van der Waals surface area (Å²) in [7, 11) is 0. The SMILES string of the molecule is CC(C)(C)NSc1cccc2c(NC(=O)[C@H](Cc3ccccc3)NC(=O)CCc3ccccc3)cccc12. The van der Waals surface area contributed by atoms with Crippen LogP contribution in [-0.2, 0) is 22.4 Å². The molecule has 0 heterocycles. The molecule has 0 spiro atoms. The van der Waals surface area contributed by atoms with E-state index in [1.807, 2.05) is 84.9 Å². The standard InChI is InChI=1S/C32H35N3O2S/c1-32(2,3)35-38-29-19-11-16-25-26(29)17-10-18-27(25)34-31(37)28(22-24-14-8-5-9-15-24)33-30(36)21-20-23-12-6-4-7-13-23/h4-19,28,35H,20-22H2,1-3H3,(H,33,36)(H,34,37)/t28-/m0/s1. The summed E-state index contributed by atoms with van der Waals surface area (Å²) in [6, 6.07) is 31.0. The van der Waals surface area contributed by atoms with Crippen molar-refractivity contribution in [2.24, 2.45) is 0 Å². The van der Waals surface area contributed by atoms with Gasteiger partial charge in [-0.1, -0.05) is 84.9 Å². The number of amides is 2. The van der Waals surface area contributed by atoms with Crippen LogP contribution < -0.4 is 15.4 Å². The van der Waals surface area contributed by atoms with Crippen LogP contribution in [0.3, 0.4) is 0 Å². The van der Waals surface area contributed by atoms with Gasteiger partial charge in [-0.15, -0.1) is 0 Å². The molecule has 4 aromatic carbocycles. The van der Waals surface area contributed by atoms with Crippen LogP contribution in [0.15, 0.2) is 102 Å². The largest absolute Gasteiger partial charge is 0.344 e. The van der Waals surface area contributed by atoms with Crippen LogP contribution in [0.2, 0.25) is 0 Å². The maximum atomic E-state index is 13.6. The van der Waals surface area contributed by atoms with Crippen molar-refractivity contribution in [1.29, 1.82) is 0 Å². The number of carbonyl (C=O) groups excluding carboxylic acids is 2. The number of hydrogen-bond acceptors (Lipinski definition) is 4. The number of aryl methyl sites for hydroxylation is 1. The first-order valence-corrected chi connectivity index (χ1v) is 13.7. The molecule has 6 heteroatoms. The first kappa shape index (κ1) is 27.4. The molecular formula is C32H35N3O2S. The van der Waals surface area contributed by atoms with Gasteiger partial charge in [0.2, 0.25) is 11.8 Å². The van der Waals surface area contributed by atoms with Crippen LogP contribution in [0.5, 0.6) is 0 Å². The van der Waals surface area contributed by atoms with Gasteiger partial charge in [0.1, 0.15) is 6.04 Å². The van der Waals surface area contributed by atoms with E-state index in [0.29, 0.717) is 19.3 Å². The van der Waals surface area contributed by atoms with Gasteiger partial charge in [0.05, 0.1) is 0 Å². The molecule has 0 unspecified atom stereocenters. The quantitative estimate of drug-likeness (QED) is 0.206. The van der Waals surface area contributed by atoms with Crippen molar-refractivity contribution >= 4 is 40.2 Å². The third-order valence-electron chi connectivity index (χ3n) is 6.03. The van der Waals surface area contributed by atoms with Crippen LogP contribution in [0.4, 0.5) is 5.69 Å². The average Bonchev–Trinajstić information content (AvgIpc) is 2.91. The first-order valence-electron chi connectivity index (χ1n) is 12.9. The number of carbonyl (C=O) groups is 2. The Balaban J connectivity index is 1.52. The van der Waals surface area contributed by atoms with E-state index in [1.54, 1.807) is 11.9 Å². The lowest BCUT2D eigenvalue weighted by atomic mass is 10.0. The molecule has 3 N–H and O–H groups in total. The van der Waals surface area contributed by atoms with Crippen molar-refractivity contribution in [2.45, 2.75) is 56.5 Å². The zero-order valence-electron chi connectivity index (χ0n) is 22.2. The molecule has 4 rings (SSSR count). The van der Waals surface area contributed by atoms with Gasteiger partial charge in [0, 0.05) is 34.3 Å². The van der Waals surface area contributed by atoms with Crippen molar-refractivity contribution in [3.05, 3.63) is 108 Å². The summed E-state index contributed by atoms with van der Waals surface area (Å²) >= 11 is 1.58. The zero-order valence-corrected chi connectivity index (χ0v) is 23.0. The lowest BCUT2D eigenvalue weighted by Gasteiger charge is -2.21. The molecule has 0 saturated heterocycles. The summed E-state index contributed by atoms with van der Waals surface area (Å²) in [5, 5.41) is 8.10. The van der Waals surface area contributed by atoms with Gasteiger partial charge in [-0.3, -0.25) is 14.3 Å². The normalized spacial score (nSPS) is 12.2. The van der Waals surface area contributed by atoms with E-state index in [4.69, 9.17) is 0 Å². The highest BCUT2D eigenvalue weighted by Crippen LogP contribution is 2.32. The van der Waals surface area contributed by atoms with Gasteiger partial charge in [-0.2, -0.15) is 0 Å². The molecule has 0 aliphatic heterocycles. The van der Waals surface area contributed by atoms with Crippen LogP contribution >= 0.6 is 11.9 Å². The van der Waals surface area contributed by atoms with Crippen molar-refractivity contribution in [3.8, 4) is 0 Å². The minimum absolute atomic E-state index is 0.0396. The number of nitrogens with one attached hydrogen (secondary N) is 3. The Bertz CT molecular complexity index is 1370. The summed E-state index contributed by atoms with van der Waals surface area (Å²) in [4.78, 5) is 27.5. The fourth-order valence-electron chi connectivity index (χ4n) is 4.14. The second-order valence-corrected chi connectivity index (χ2v) is 11.2. The Morgan fingerprint density at radius 3 is 2.08 bits per heavy atom. The van der Waals surface area contributed by atoms with E-state index >= 15 is 0 Å². The van der Waals surface area contributed by atoms with E-state index in [0.717, 1.165) is 32.5 Å². The minimum Gasteiger partial charge on any atom is -0.344 e. The van der Waals surface area contributed by atoms with Crippen molar-refractivity contribution in [3.63, 3.8) is 0 Å². The average molecular weight is 526 g/mol. The molecule has 0 aliphatic carbocycles. The molecule has 38 heavy (non-hydrogen) atoms.